The van der Waals surface area contributed by atoms with Gasteiger partial charge in [-0.3, -0.25) is 4.98 Å². The number of para-hydroxylation sites is 1. The summed E-state index contributed by atoms with van der Waals surface area (Å²) in [4.78, 5) is 4.28. The molecule has 2 N–H and O–H groups in total. The molecular formula is C15H12N2O. The molecule has 0 amide bonds. The number of ether oxygens (including phenoxy) is 1. The predicted octanol–water partition coefficient (Wildman–Crippen LogP) is 3.61. The molecule has 3 rings (SSSR count). The molecule has 1 heterocycles. The van der Waals surface area contributed by atoms with Crippen LogP contribution in [0.15, 0.2) is 60.8 Å². The Morgan fingerprint density at radius 1 is 0.944 bits per heavy atom. The Morgan fingerprint density at radius 3 is 2.61 bits per heavy atom. The van der Waals surface area contributed by atoms with Crippen molar-refractivity contribution in [1.29, 1.82) is 0 Å². The van der Waals surface area contributed by atoms with Gasteiger partial charge in [-0.15, -0.1) is 0 Å². The SMILES string of the molecule is Nc1ccc2c(Oc3ccccc3)ccnc2c1. The van der Waals surface area contributed by atoms with Gasteiger partial charge in [0.2, 0.25) is 0 Å². The van der Waals surface area contributed by atoms with Gasteiger partial charge in [0.1, 0.15) is 11.5 Å². The summed E-state index contributed by atoms with van der Waals surface area (Å²) in [5.41, 5.74) is 7.28. The third kappa shape index (κ3) is 1.98. The second kappa shape index (κ2) is 4.37. The number of nitrogen functional groups attached to an aromatic ring is 1. The summed E-state index contributed by atoms with van der Waals surface area (Å²) in [6, 6.07) is 17.1. The lowest BCUT2D eigenvalue weighted by molar-refractivity contribution is 0.488. The lowest BCUT2D eigenvalue weighted by Crippen LogP contribution is -1.89. The molecular weight excluding hydrogens is 224 g/mol. The molecule has 3 nitrogen and oxygen atoms in total. The molecule has 0 saturated carbocycles. The van der Waals surface area contributed by atoms with Crippen molar-refractivity contribution < 1.29 is 4.74 Å². The monoisotopic (exact) mass is 236 g/mol. The molecule has 0 fully saturated rings. The Kier molecular flexibility index (Phi) is 2.57. The molecule has 0 unspecified atom stereocenters. The highest BCUT2D eigenvalue weighted by Gasteiger charge is 2.04. The Hall–Kier alpha value is -2.55. The van der Waals surface area contributed by atoms with Crippen LogP contribution in [0.25, 0.3) is 10.9 Å². The van der Waals surface area contributed by atoms with E-state index in [2.05, 4.69) is 4.98 Å². The van der Waals surface area contributed by atoms with E-state index in [-0.39, 0.29) is 0 Å². The Balaban J connectivity index is 2.07. The average Bonchev–Trinajstić information content (AvgIpc) is 2.40. The summed E-state index contributed by atoms with van der Waals surface area (Å²) in [6.45, 7) is 0. The molecule has 3 heteroatoms. The van der Waals surface area contributed by atoms with Crippen LogP contribution in [0.2, 0.25) is 0 Å². The average molecular weight is 236 g/mol. The van der Waals surface area contributed by atoms with E-state index in [0.29, 0.717) is 5.69 Å². The quantitative estimate of drug-likeness (QED) is 0.691. The second-order valence-corrected chi connectivity index (χ2v) is 4.00. The lowest BCUT2D eigenvalue weighted by Gasteiger charge is -2.08. The van der Waals surface area contributed by atoms with Crippen LogP contribution in [0.1, 0.15) is 0 Å². The molecule has 0 aliphatic rings. The van der Waals surface area contributed by atoms with Crippen LogP contribution in [0, 0.1) is 0 Å². The van der Waals surface area contributed by atoms with E-state index in [1.54, 1.807) is 6.20 Å². The molecule has 0 aliphatic heterocycles. The summed E-state index contributed by atoms with van der Waals surface area (Å²) >= 11 is 0. The first kappa shape index (κ1) is 10.6. The van der Waals surface area contributed by atoms with Crippen LogP contribution >= 0.6 is 0 Å². The summed E-state index contributed by atoms with van der Waals surface area (Å²) in [5, 5.41) is 0.954. The Labute approximate surface area is 105 Å². The van der Waals surface area contributed by atoms with Crippen LogP contribution in [0.4, 0.5) is 5.69 Å². The molecule has 0 radical (unpaired) electrons. The van der Waals surface area contributed by atoms with E-state index in [1.807, 2.05) is 54.6 Å². The molecule has 0 atom stereocenters. The van der Waals surface area contributed by atoms with E-state index >= 15 is 0 Å². The van der Waals surface area contributed by atoms with Gasteiger partial charge in [0, 0.05) is 17.3 Å². The number of pyridine rings is 1. The zero-order valence-corrected chi connectivity index (χ0v) is 9.71. The lowest BCUT2D eigenvalue weighted by atomic mass is 10.2. The van der Waals surface area contributed by atoms with E-state index in [1.165, 1.54) is 0 Å². The minimum atomic E-state index is 0.701. The van der Waals surface area contributed by atoms with Crippen molar-refractivity contribution in [2.45, 2.75) is 0 Å². The fraction of sp³-hybridized carbons (Fsp3) is 0. The van der Waals surface area contributed by atoms with Crippen molar-refractivity contribution in [1.82, 2.24) is 4.98 Å². The smallest absolute Gasteiger partial charge is 0.138 e. The van der Waals surface area contributed by atoms with Crippen LogP contribution in [0.5, 0.6) is 11.5 Å². The number of rotatable bonds is 2. The van der Waals surface area contributed by atoms with Gasteiger partial charge < -0.3 is 10.5 Å². The maximum Gasteiger partial charge on any atom is 0.138 e. The molecule has 0 aliphatic carbocycles. The van der Waals surface area contributed by atoms with Crippen molar-refractivity contribution in [2.24, 2.45) is 0 Å². The number of fused-ring (bicyclic) bond motifs is 1. The minimum Gasteiger partial charge on any atom is -0.457 e. The molecule has 0 bridgehead atoms. The van der Waals surface area contributed by atoms with Crippen molar-refractivity contribution >= 4 is 16.6 Å². The third-order valence-electron chi connectivity index (χ3n) is 2.70. The van der Waals surface area contributed by atoms with Gasteiger partial charge in [-0.2, -0.15) is 0 Å². The molecule has 1 aromatic heterocycles. The Morgan fingerprint density at radius 2 is 1.78 bits per heavy atom. The molecule has 2 aromatic carbocycles. The predicted molar refractivity (Wildman–Crippen MR) is 72.7 cm³/mol. The summed E-state index contributed by atoms with van der Waals surface area (Å²) in [6.07, 6.45) is 1.72. The second-order valence-electron chi connectivity index (χ2n) is 4.00. The number of anilines is 1. The van der Waals surface area contributed by atoms with Crippen molar-refractivity contribution in [3.8, 4) is 11.5 Å². The zero-order valence-electron chi connectivity index (χ0n) is 9.71. The molecule has 18 heavy (non-hydrogen) atoms. The van der Waals surface area contributed by atoms with E-state index in [4.69, 9.17) is 10.5 Å². The van der Waals surface area contributed by atoms with E-state index in [0.717, 1.165) is 22.4 Å². The number of aromatic nitrogens is 1. The first-order chi connectivity index (χ1) is 8.83. The van der Waals surface area contributed by atoms with Gasteiger partial charge in [0.25, 0.3) is 0 Å². The van der Waals surface area contributed by atoms with Gasteiger partial charge in [-0.1, -0.05) is 18.2 Å². The molecule has 3 aromatic rings. The van der Waals surface area contributed by atoms with Gasteiger partial charge in [-0.05, 0) is 36.4 Å². The van der Waals surface area contributed by atoms with Gasteiger partial charge >= 0.3 is 0 Å². The van der Waals surface area contributed by atoms with Crippen molar-refractivity contribution in [3.63, 3.8) is 0 Å². The van der Waals surface area contributed by atoms with Gasteiger partial charge in [0.05, 0.1) is 5.52 Å². The maximum absolute atomic E-state index is 5.85. The minimum absolute atomic E-state index is 0.701. The summed E-state index contributed by atoms with van der Waals surface area (Å²) < 4.78 is 5.85. The van der Waals surface area contributed by atoms with Crippen molar-refractivity contribution in [2.75, 3.05) is 5.73 Å². The summed E-state index contributed by atoms with van der Waals surface area (Å²) in [5.74, 6) is 1.59. The van der Waals surface area contributed by atoms with Crippen LogP contribution in [0.3, 0.4) is 0 Å². The van der Waals surface area contributed by atoms with Gasteiger partial charge in [-0.25, -0.2) is 0 Å². The van der Waals surface area contributed by atoms with Crippen LogP contribution < -0.4 is 10.5 Å². The standard InChI is InChI=1S/C15H12N2O/c16-11-6-7-13-14(10-11)17-9-8-15(13)18-12-4-2-1-3-5-12/h1-10H,16H2. The number of nitrogens with zero attached hydrogens (tertiary/aromatic N) is 1. The fourth-order valence-corrected chi connectivity index (χ4v) is 1.84. The number of hydrogen-bond acceptors (Lipinski definition) is 3. The first-order valence-electron chi connectivity index (χ1n) is 5.70. The Bertz CT molecular complexity index is 680. The van der Waals surface area contributed by atoms with Gasteiger partial charge in [0.15, 0.2) is 0 Å². The molecule has 0 spiro atoms. The largest absolute Gasteiger partial charge is 0.457 e. The number of benzene rings is 2. The fourth-order valence-electron chi connectivity index (χ4n) is 1.84. The normalized spacial score (nSPS) is 10.4. The molecule has 0 saturated heterocycles. The van der Waals surface area contributed by atoms with E-state index < -0.39 is 0 Å². The highest BCUT2D eigenvalue weighted by atomic mass is 16.5. The number of nitrogens with two attached hydrogens (primary N) is 1. The van der Waals surface area contributed by atoms with Crippen LogP contribution in [-0.2, 0) is 0 Å². The highest BCUT2D eigenvalue weighted by Crippen LogP contribution is 2.29. The van der Waals surface area contributed by atoms with Crippen LogP contribution in [-0.4, -0.2) is 4.98 Å². The first-order valence-corrected chi connectivity index (χ1v) is 5.70. The maximum atomic E-state index is 5.85. The zero-order chi connectivity index (χ0) is 12.4. The van der Waals surface area contributed by atoms with Crippen molar-refractivity contribution in [3.05, 3.63) is 60.8 Å². The highest BCUT2D eigenvalue weighted by molar-refractivity contribution is 5.87. The summed E-state index contributed by atoms with van der Waals surface area (Å²) in [7, 11) is 0. The molecule has 88 valence electrons. The number of hydrogen-bond donors (Lipinski definition) is 1. The third-order valence-corrected chi connectivity index (χ3v) is 2.70. The van der Waals surface area contributed by atoms with E-state index in [9.17, 15) is 0 Å². The topological polar surface area (TPSA) is 48.1 Å².